The molecule has 5 rings (SSSR count). The molecule has 3 atom stereocenters. The van der Waals surface area contributed by atoms with Crippen LogP contribution in [0, 0.1) is 30.1 Å². The predicted molar refractivity (Wildman–Crippen MR) is 162 cm³/mol. The number of hydrogen-bond acceptors (Lipinski definition) is 2. The molecule has 0 amide bonds. The second kappa shape index (κ2) is 8.75. The van der Waals surface area contributed by atoms with Gasteiger partial charge in [-0.3, -0.25) is 9.59 Å². The third kappa shape index (κ3) is 3.66. The molecule has 2 aromatic rings. The third-order valence-electron chi connectivity index (χ3n) is 10.6. The third-order valence-corrected chi connectivity index (χ3v) is 10.6. The first kappa shape index (κ1) is 27.6. The van der Waals surface area contributed by atoms with Gasteiger partial charge in [-0.05, 0) is 106 Å². The molecule has 0 radical (unpaired) electrons. The van der Waals surface area contributed by atoms with E-state index in [0.717, 1.165) is 69.4 Å². The van der Waals surface area contributed by atoms with Crippen molar-refractivity contribution in [3.63, 3.8) is 0 Å². The Balaban J connectivity index is 1.80. The lowest BCUT2D eigenvalue weighted by molar-refractivity contribution is -0.132. The van der Waals surface area contributed by atoms with Crippen LogP contribution in [0.4, 0.5) is 0 Å². The van der Waals surface area contributed by atoms with Gasteiger partial charge >= 0.3 is 0 Å². The molecule has 2 heteroatoms. The predicted octanol–water partition coefficient (Wildman–Crippen LogP) is 9.44. The van der Waals surface area contributed by atoms with Crippen LogP contribution in [-0.4, -0.2) is 11.6 Å². The molecule has 0 bridgehead atoms. The fourth-order valence-corrected chi connectivity index (χ4v) is 8.65. The molecule has 0 heterocycles. The minimum absolute atomic E-state index is 0.129. The van der Waals surface area contributed by atoms with Crippen molar-refractivity contribution in [2.75, 3.05) is 0 Å². The van der Waals surface area contributed by atoms with Crippen molar-refractivity contribution < 1.29 is 9.59 Å². The fourth-order valence-electron chi connectivity index (χ4n) is 8.65. The first-order valence-electron chi connectivity index (χ1n) is 14.5. The zero-order valence-corrected chi connectivity index (χ0v) is 25.6. The summed E-state index contributed by atoms with van der Waals surface area (Å²) in [6.45, 7) is 25.6. The lowest BCUT2D eigenvalue weighted by Crippen LogP contribution is -2.56. The van der Waals surface area contributed by atoms with Crippen molar-refractivity contribution in [2.24, 2.45) is 16.2 Å². The summed E-state index contributed by atoms with van der Waals surface area (Å²) in [4.78, 5) is 29.1. The minimum atomic E-state index is -0.730. The number of carbonyl (C=O) groups is 2. The summed E-state index contributed by atoms with van der Waals surface area (Å²) in [6, 6.07) is 10.9. The molecule has 3 aliphatic carbocycles. The number of rotatable bonds is 3. The van der Waals surface area contributed by atoms with Gasteiger partial charge in [-0.25, -0.2) is 0 Å². The summed E-state index contributed by atoms with van der Waals surface area (Å²) in [5.74, 6) is 0.569. The summed E-state index contributed by atoms with van der Waals surface area (Å²) >= 11 is 0. The van der Waals surface area contributed by atoms with Crippen molar-refractivity contribution >= 4 is 11.6 Å². The van der Waals surface area contributed by atoms with Crippen LogP contribution in [0.1, 0.15) is 107 Å². The van der Waals surface area contributed by atoms with Gasteiger partial charge in [0.15, 0.2) is 11.6 Å². The Kier molecular flexibility index (Phi) is 6.18. The Morgan fingerprint density at radius 2 is 1.56 bits per heavy atom. The lowest BCUT2D eigenvalue weighted by atomic mass is 9.42. The Morgan fingerprint density at radius 3 is 2.13 bits per heavy atom. The Morgan fingerprint density at radius 1 is 0.949 bits per heavy atom. The monoisotopic (exact) mass is 520 g/mol. The number of Topliss-reactive ketones (excluding diaryl/α,β-unsaturated/α-hetero) is 2. The standard InChI is InChI=1S/C37H44O2/c1-20(2)27-16-28(26-14-12-22(5)13-15-26)24(7)31-29(27)18-35(9)19-36(10)17-23(6)30(21(3)4)34(39)37(36,11)25(8)32(35)33(31)38/h12-16,20H,3,17-19H2,1-2,4-11H3/t35-,36+,37+/m1/s1. The first-order chi connectivity index (χ1) is 18.1. The lowest BCUT2D eigenvalue weighted by Gasteiger charge is -2.59. The molecular formula is C37H44O2. The van der Waals surface area contributed by atoms with Gasteiger partial charge in [0, 0.05) is 22.1 Å². The number of ketones is 2. The van der Waals surface area contributed by atoms with Crippen LogP contribution in [0.25, 0.3) is 11.1 Å². The molecule has 2 nitrogen and oxygen atoms in total. The molecule has 39 heavy (non-hydrogen) atoms. The highest BCUT2D eigenvalue weighted by Gasteiger charge is 2.63. The van der Waals surface area contributed by atoms with Crippen LogP contribution in [0.15, 0.2) is 64.8 Å². The van der Waals surface area contributed by atoms with E-state index in [0.29, 0.717) is 5.92 Å². The Hall–Kier alpha value is -3.00. The van der Waals surface area contributed by atoms with Gasteiger partial charge < -0.3 is 0 Å². The highest BCUT2D eigenvalue weighted by Crippen LogP contribution is 2.66. The first-order valence-corrected chi connectivity index (χ1v) is 14.5. The van der Waals surface area contributed by atoms with E-state index in [1.807, 2.05) is 6.92 Å². The van der Waals surface area contributed by atoms with Gasteiger partial charge in [0.25, 0.3) is 0 Å². The maximum absolute atomic E-state index is 14.8. The zero-order chi connectivity index (χ0) is 28.8. The fraction of sp³-hybridized carbons (Fsp3) is 0.459. The molecule has 0 aliphatic heterocycles. The van der Waals surface area contributed by atoms with Crippen molar-refractivity contribution in [3.05, 3.63) is 92.6 Å². The number of carbonyl (C=O) groups excluding carboxylic acids is 2. The van der Waals surface area contributed by atoms with Gasteiger partial charge in [0.2, 0.25) is 0 Å². The van der Waals surface area contributed by atoms with Gasteiger partial charge in [-0.1, -0.05) is 81.3 Å². The molecule has 0 unspecified atom stereocenters. The summed E-state index contributed by atoms with van der Waals surface area (Å²) in [5, 5.41) is 0. The van der Waals surface area contributed by atoms with Crippen molar-refractivity contribution in [1.29, 1.82) is 0 Å². The second-order valence-corrected chi connectivity index (χ2v) is 13.9. The number of allylic oxidation sites excluding steroid dienone is 5. The van der Waals surface area contributed by atoms with Crippen LogP contribution in [0.2, 0.25) is 0 Å². The maximum atomic E-state index is 14.8. The molecule has 3 aliphatic rings. The maximum Gasteiger partial charge on any atom is 0.190 e. The van der Waals surface area contributed by atoms with Crippen LogP contribution in [0.3, 0.4) is 0 Å². The average Bonchev–Trinajstić information content (AvgIpc) is 2.81. The van der Waals surface area contributed by atoms with E-state index in [-0.39, 0.29) is 22.4 Å². The average molecular weight is 521 g/mol. The van der Waals surface area contributed by atoms with Crippen LogP contribution in [0.5, 0.6) is 0 Å². The van der Waals surface area contributed by atoms with Crippen LogP contribution < -0.4 is 0 Å². The smallest absolute Gasteiger partial charge is 0.190 e. The largest absolute Gasteiger partial charge is 0.293 e. The van der Waals surface area contributed by atoms with E-state index in [1.165, 1.54) is 16.7 Å². The number of benzene rings is 2. The normalized spacial score (nSPS) is 28.5. The minimum Gasteiger partial charge on any atom is -0.293 e. The Labute approximate surface area is 235 Å². The SMILES string of the molecule is C=C(C)C1=C(C)C[C@@]2(C)C[C@@]3(C)Cc4c(C(C)C)cc(-c5ccc(C)cc5)c(C)c4C(=O)C3=C(C)[C@@]2(C)C1=O. The summed E-state index contributed by atoms with van der Waals surface area (Å²) in [7, 11) is 0. The summed E-state index contributed by atoms with van der Waals surface area (Å²) < 4.78 is 0. The van der Waals surface area contributed by atoms with Crippen molar-refractivity contribution in [1.82, 2.24) is 0 Å². The van der Waals surface area contributed by atoms with Gasteiger partial charge in [0.1, 0.15) is 0 Å². The van der Waals surface area contributed by atoms with E-state index in [4.69, 9.17) is 0 Å². The highest BCUT2D eigenvalue weighted by molar-refractivity contribution is 6.16. The topological polar surface area (TPSA) is 34.1 Å². The van der Waals surface area contributed by atoms with Gasteiger partial charge in [0.05, 0.1) is 5.41 Å². The zero-order valence-electron chi connectivity index (χ0n) is 25.6. The molecule has 0 N–H and O–H groups in total. The molecule has 0 saturated carbocycles. The quantitative estimate of drug-likeness (QED) is 0.404. The van der Waals surface area contributed by atoms with E-state index in [2.05, 4.69) is 99.2 Å². The Bertz CT molecular complexity index is 1530. The second-order valence-electron chi connectivity index (χ2n) is 13.9. The van der Waals surface area contributed by atoms with E-state index >= 15 is 0 Å². The van der Waals surface area contributed by atoms with E-state index in [1.54, 1.807) is 0 Å². The summed E-state index contributed by atoms with van der Waals surface area (Å²) in [5.41, 5.74) is 11.2. The highest BCUT2D eigenvalue weighted by atomic mass is 16.1. The van der Waals surface area contributed by atoms with Crippen LogP contribution in [-0.2, 0) is 11.2 Å². The molecular weight excluding hydrogens is 476 g/mol. The van der Waals surface area contributed by atoms with E-state index < -0.39 is 5.41 Å². The molecule has 2 aromatic carbocycles. The number of hydrogen-bond donors (Lipinski definition) is 0. The van der Waals surface area contributed by atoms with E-state index in [9.17, 15) is 9.59 Å². The summed E-state index contributed by atoms with van der Waals surface area (Å²) in [6.07, 6.45) is 2.50. The van der Waals surface area contributed by atoms with Gasteiger partial charge in [-0.2, -0.15) is 0 Å². The van der Waals surface area contributed by atoms with Crippen molar-refractivity contribution in [3.8, 4) is 11.1 Å². The molecule has 0 aromatic heterocycles. The molecule has 204 valence electrons. The molecule has 0 fully saturated rings. The number of aryl methyl sites for hydroxylation is 1. The van der Waals surface area contributed by atoms with Crippen LogP contribution >= 0.6 is 0 Å². The molecule has 0 spiro atoms. The number of fused-ring (bicyclic) bond motifs is 3. The van der Waals surface area contributed by atoms with Crippen molar-refractivity contribution in [2.45, 2.75) is 94.4 Å². The molecule has 0 saturated heterocycles. The van der Waals surface area contributed by atoms with Gasteiger partial charge in [-0.15, -0.1) is 0 Å².